The molecule has 0 radical (unpaired) electrons. The van der Waals surface area contributed by atoms with Crippen molar-refractivity contribution in [3.63, 3.8) is 0 Å². The van der Waals surface area contributed by atoms with Crippen LogP contribution >= 0.6 is 0 Å². The number of nitrogens with zero attached hydrogens (tertiary/aromatic N) is 4. The maximum Gasteiger partial charge on any atom is 0.270 e. The fraction of sp³-hybridized carbons (Fsp3) is 0.538. The van der Waals surface area contributed by atoms with Gasteiger partial charge in [-0.3, -0.25) is 14.6 Å². The zero-order chi connectivity index (χ0) is 24.1. The fourth-order valence-corrected chi connectivity index (χ4v) is 4.66. The van der Waals surface area contributed by atoms with E-state index in [9.17, 15) is 4.79 Å². The van der Waals surface area contributed by atoms with Gasteiger partial charge in [-0.15, -0.1) is 0 Å². The largest absolute Gasteiger partial charge is 0.454 e. The molecule has 3 heterocycles. The Balaban J connectivity index is 1.27. The molecule has 0 aliphatic carbocycles. The highest BCUT2D eigenvalue weighted by molar-refractivity contribution is 5.92. The number of carbonyl (C=O) groups excluding carboxylic acids is 1. The van der Waals surface area contributed by atoms with Crippen LogP contribution in [0.5, 0.6) is 11.5 Å². The minimum atomic E-state index is -0.115. The molecule has 0 atom stereocenters. The van der Waals surface area contributed by atoms with Gasteiger partial charge in [0.15, 0.2) is 11.5 Å². The van der Waals surface area contributed by atoms with Crippen LogP contribution in [0.25, 0.3) is 0 Å². The summed E-state index contributed by atoms with van der Waals surface area (Å²) in [4.78, 5) is 24.4. The molecular formula is C26H37N5O3. The van der Waals surface area contributed by atoms with E-state index in [2.05, 4.69) is 64.8 Å². The van der Waals surface area contributed by atoms with Gasteiger partial charge in [-0.1, -0.05) is 12.1 Å². The quantitative estimate of drug-likeness (QED) is 0.608. The first kappa shape index (κ1) is 24.3. The summed E-state index contributed by atoms with van der Waals surface area (Å²) < 4.78 is 10.9. The van der Waals surface area contributed by atoms with Gasteiger partial charge in [-0.05, 0) is 57.5 Å². The van der Waals surface area contributed by atoms with Gasteiger partial charge in [-0.2, -0.15) is 0 Å². The van der Waals surface area contributed by atoms with Gasteiger partial charge >= 0.3 is 0 Å². The van der Waals surface area contributed by atoms with Crippen molar-refractivity contribution < 1.29 is 14.3 Å². The number of benzene rings is 1. The number of carbonyl (C=O) groups is 1. The summed E-state index contributed by atoms with van der Waals surface area (Å²) >= 11 is 0. The Bertz CT molecular complexity index is 965. The predicted octanol–water partition coefficient (Wildman–Crippen LogP) is 2.98. The fourth-order valence-electron chi connectivity index (χ4n) is 4.66. The number of anilines is 1. The summed E-state index contributed by atoms with van der Waals surface area (Å²) in [5.41, 5.74) is 1.70. The molecule has 8 nitrogen and oxygen atoms in total. The number of rotatable bonds is 9. The molecule has 1 aromatic carbocycles. The van der Waals surface area contributed by atoms with Crippen LogP contribution in [0.1, 0.15) is 43.7 Å². The minimum absolute atomic E-state index is 0.115. The lowest BCUT2D eigenvalue weighted by molar-refractivity contribution is 0.0934. The van der Waals surface area contributed by atoms with Gasteiger partial charge in [0.25, 0.3) is 5.91 Å². The van der Waals surface area contributed by atoms with Crippen molar-refractivity contribution in [1.82, 2.24) is 20.1 Å². The maximum absolute atomic E-state index is 12.7. The van der Waals surface area contributed by atoms with Crippen molar-refractivity contribution in [2.75, 3.05) is 51.0 Å². The van der Waals surface area contributed by atoms with Gasteiger partial charge in [0, 0.05) is 57.9 Å². The van der Waals surface area contributed by atoms with Crippen molar-refractivity contribution in [2.24, 2.45) is 0 Å². The molecule has 184 valence electrons. The predicted molar refractivity (Wildman–Crippen MR) is 134 cm³/mol. The van der Waals surface area contributed by atoms with E-state index in [0.29, 0.717) is 31.1 Å². The van der Waals surface area contributed by atoms with E-state index in [1.54, 1.807) is 6.07 Å². The van der Waals surface area contributed by atoms with Crippen LogP contribution in [0.2, 0.25) is 0 Å². The van der Waals surface area contributed by atoms with Crippen molar-refractivity contribution in [1.29, 1.82) is 0 Å². The number of fused-ring (bicyclic) bond motifs is 1. The average molecular weight is 468 g/mol. The number of pyridine rings is 1. The number of hydrogen-bond donors (Lipinski definition) is 1. The highest BCUT2D eigenvalue weighted by atomic mass is 16.7. The third kappa shape index (κ3) is 5.98. The molecule has 0 unspecified atom stereocenters. The molecule has 2 aliphatic heterocycles. The first-order chi connectivity index (χ1) is 16.4. The molecule has 2 aromatic rings. The smallest absolute Gasteiger partial charge is 0.270 e. The normalized spacial score (nSPS) is 16.0. The zero-order valence-corrected chi connectivity index (χ0v) is 20.8. The lowest BCUT2D eigenvalue weighted by Gasteiger charge is -2.35. The second kappa shape index (κ2) is 11.1. The first-order valence-electron chi connectivity index (χ1n) is 12.3. The second-order valence-electron chi connectivity index (χ2n) is 9.51. The van der Waals surface area contributed by atoms with Crippen LogP contribution in [-0.4, -0.2) is 78.8 Å². The van der Waals surface area contributed by atoms with E-state index in [1.807, 2.05) is 18.2 Å². The highest BCUT2D eigenvalue weighted by Crippen LogP contribution is 2.33. The van der Waals surface area contributed by atoms with Crippen molar-refractivity contribution in [3.05, 3.63) is 47.7 Å². The molecule has 0 spiro atoms. The Hall–Kier alpha value is -2.84. The number of ether oxygens (including phenoxy) is 2. The molecule has 8 heteroatoms. The molecule has 2 aliphatic rings. The standard InChI is InChI=1S/C26H37N5O3/c1-19(2)31(20(3)4)11-10-27-26(32)22-6-5-7-25(28-22)30-14-12-29(13-15-30)17-21-8-9-23-24(16-21)34-18-33-23/h5-9,16,19-20H,10-15,17-18H2,1-4H3,(H,27,32). The Morgan fingerprint density at radius 2 is 1.76 bits per heavy atom. The van der Waals surface area contributed by atoms with E-state index < -0.39 is 0 Å². The monoisotopic (exact) mass is 467 g/mol. The number of aromatic nitrogens is 1. The van der Waals surface area contributed by atoms with Crippen LogP contribution in [0, 0.1) is 0 Å². The molecule has 1 N–H and O–H groups in total. The van der Waals surface area contributed by atoms with Crippen LogP contribution in [0.3, 0.4) is 0 Å². The van der Waals surface area contributed by atoms with Crippen LogP contribution in [0.15, 0.2) is 36.4 Å². The number of nitrogens with one attached hydrogen (secondary N) is 1. The summed E-state index contributed by atoms with van der Waals surface area (Å²) in [6.45, 7) is 15.0. The van der Waals surface area contributed by atoms with E-state index in [0.717, 1.165) is 56.6 Å². The van der Waals surface area contributed by atoms with Crippen molar-refractivity contribution >= 4 is 11.7 Å². The lowest BCUT2D eigenvalue weighted by Crippen LogP contribution is -2.46. The van der Waals surface area contributed by atoms with Gasteiger partial charge in [0.2, 0.25) is 6.79 Å². The van der Waals surface area contributed by atoms with Gasteiger partial charge < -0.3 is 19.7 Å². The third-order valence-electron chi connectivity index (χ3n) is 6.49. The second-order valence-corrected chi connectivity index (χ2v) is 9.51. The molecule has 0 bridgehead atoms. The lowest BCUT2D eigenvalue weighted by atomic mass is 10.1. The van der Waals surface area contributed by atoms with E-state index in [-0.39, 0.29) is 5.91 Å². The van der Waals surface area contributed by atoms with E-state index in [1.165, 1.54) is 5.56 Å². The Kier molecular flexibility index (Phi) is 7.90. The minimum Gasteiger partial charge on any atom is -0.454 e. The summed E-state index contributed by atoms with van der Waals surface area (Å²) in [6, 6.07) is 12.7. The Labute approximate surface area is 202 Å². The number of piperazine rings is 1. The molecule has 4 rings (SSSR count). The number of hydrogen-bond acceptors (Lipinski definition) is 7. The molecule has 1 amide bonds. The van der Waals surface area contributed by atoms with E-state index in [4.69, 9.17) is 9.47 Å². The Morgan fingerprint density at radius 1 is 1.03 bits per heavy atom. The molecule has 0 saturated carbocycles. The van der Waals surface area contributed by atoms with Crippen molar-refractivity contribution in [2.45, 2.75) is 46.3 Å². The van der Waals surface area contributed by atoms with Crippen molar-refractivity contribution in [3.8, 4) is 11.5 Å². The zero-order valence-electron chi connectivity index (χ0n) is 20.8. The van der Waals surface area contributed by atoms with Gasteiger partial charge in [0.05, 0.1) is 0 Å². The summed E-state index contributed by atoms with van der Waals surface area (Å²) in [6.07, 6.45) is 0. The maximum atomic E-state index is 12.7. The van der Waals surface area contributed by atoms with Gasteiger partial charge in [-0.25, -0.2) is 4.98 Å². The highest BCUT2D eigenvalue weighted by Gasteiger charge is 2.21. The first-order valence-corrected chi connectivity index (χ1v) is 12.3. The topological polar surface area (TPSA) is 70.2 Å². The Morgan fingerprint density at radius 3 is 2.50 bits per heavy atom. The molecule has 1 aromatic heterocycles. The SMILES string of the molecule is CC(C)N(CCNC(=O)c1cccc(N2CCN(Cc3ccc4c(c3)OCO4)CC2)n1)C(C)C. The summed E-state index contributed by atoms with van der Waals surface area (Å²) in [5.74, 6) is 2.40. The molecule has 1 saturated heterocycles. The van der Waals surface area contributed by atoms with Gasteiger partial charge in [0.1, 0.15) is 11.5 Å². The van der Waals surface area contributed by atoms with Crippen LogP contribution in [0.4, 0.5) is 5.82 Å². The molecule has 34 heavy (non-hydrogen) atoms. The summed E-state index contributed by atoms with van der Waals surface area (Å²) in [7, 11) is 0. The average Bonchev–Trinajstić information content (AvgIpc) is 3.30. The summed E-state index contributed by atoms with van der Waals surface area (Å²) in [5, 5.41) is 3.03. The number of amides is 1. The molecular weight excluding hydrogens is 430 g/mol. The molecule has 1 fully saturated rings. The van der Waals surface area contributed by atoms with E-state index >= 15 is 0 Å². The van der Waals surface area contributed by atoms with Crippen LogP contribution < -0.4 is 19.7 Å². The van der Waals surface area contributed by atoms with Crippen LogP contribution in [-0.2, 0) is 6.54 Å². The third-order valence-corrected chi connectivity index (χ3v) is 6.49.